The molecule has 0 aliphatic heterocycles. The summed E-state index contributed by atoms with van der Waals surface area (Å²) in [4.78, 5) is 23.6. The molecule has 3 N–H and O–H groups in total. The number of thiocarbonyl (C=S) groups is 1. The van der Waals surface area contributed by atoms with Crippen molar-refractivity contribution in [2.75, 3.05) is 5.75 Å². The number of nitrogens with one attached hydrogen (secondary N) is 3. The Hall–Kier alpha value is -1.87. The summed E-state index contributed by atoms with van der Waals surface area (Å²) in [5.74, 6) is 0.825. The molecule has 0 spiro atoms. The van der Waals surface area contributed by atoms with Crippen LogP contribution in [0.3, 0.4) is 0 Å². The van der Waals surface area contributed by atoms with E-state index in [2.05, 4.69) is 30.0 Å². The maximum Gasteiger partial charge on any atom is 0.283 e. The third-order valence-corrected chi connectivity index (χ3v) is 4.45. The summed E-state index contributed by atoms with van der Waals surface area (Å²) in [6.45, 7) is 10.0. The molecule has 26 heavy (non-hydrogen) atoms. The van der Waals surface area contributed by atoms with Gasteiger partial charge in [-0.25, -0.2) is 0 Å². The molecule has 7 nitrogen and oxygen atoms in total. The Labute approximate surface area is 163 Å². The Morgan fingerprint density at radius 3 is 2.50 bits per heavy atom. The largest absolute Gasteiger partial charge is 0.357 e. The summed E-state index contributed by atoms with van der Waals surface area (Å²) in [7, 11) is 0. The van der Waals surface area contributed by atoms with E-state index >= 15 is 0 Å². The van der Waals surface area contributed by atoms with Gasteiger partial charge in [0.1, 0.15) is 0 Å². The van der Waals surface area contributed by atoms with E-state index in [1.54, 1.807) is 12.1 Å². The lowest BCUT2D eigenvalue weighted by atomic mass is 10.1. The molecule has 1 aromatic rings. The van der Waals surface area contributed by atoms with Crippen molar-refractivity contribution in [2.24, 2.45) is 5.92 Å². The van der Waals surface area contributed by atoms with Crippen LogP contribution in [0.2, 0.25) is 0 Å². The number of hydrazine groups is 1. The Balaban J connectivity index is 2.77. The van der Waals surface area contributed by atoms with Crippen molar-refractivity contribution in [1.29, 1.82) is 0 Å². The molecule has 1 amide bonds. The second-order valence-corrected chi connectivity index (χ2v) is 8.80. The minimum Gasteiger partial charge on any atom is -0.357 e. The van der Waals surface area contributed by atoms with Gasteiger partial charge in [0, 0.05) is 17.2 Å². The van der Waals surface area contributed by atoms with Crippen LogP contribution in [0.25, 0.3) is 0 Å². The standard InChI is InChI=1S/C17H26N4O3S2/c1-11(2)8-9-26-14-7-6-12(10-13(14)21(23)24)15(22)19-20-16(25)18-17(3,4)5/h6-7,10-11H,8-9H2,1-5H3,(H,19,22)(H2,18,20,25). The molecule has 0 heterocycles. The first kappa shape index (κ1) is 22.2. The lowest BCUT2D eigenvalue weighted by Gasteiger charge is -2.23. The molecule has 0 bridgehead atoms. The van der Waals surface area contributed by atoms with E-state index in [1.807, 2.05) is 20.8 Å². The summed E-state index contributed by atoms with van der Waals surface area (Å²) in [5.41, 5.74) is 4.91. The third kappa shape index (κ3) is 8.01. The van der Waals surface area contributed by atoms with E-state index in [-0.39, 0.29) is 21.9 Å². The first-order valence-corrected chi connectivity index (χ1v) is 9.68. The van der Waals surface area contributed by atoms with Gasteiger partial charge in [-0.15, -0.1) is 11.8 Å². The highest BCUT2D eigenvalue weighted by molar-refractivity contribution is 7.99. The molecule has 0 saturated heterocycles. The van der Waals surface area contributed by atoms with E-state index in [9.17, 15) is 14.9 Å². The molecule has 144 valence electrons. The van der Waals surface area contributed by atoms with Crippen LogP contribution >= 0.6 is 24.0 Å². The minimum absolute atomic E-state index is 0.0678. The molecule has 1 rings (SSSR count). The van der Waals surface area contributed by atoms with Gasteiger partial charge in [0.2, 0.25) is 0 Å². The SMILES string of the molecule is CC(C)CCSc1ccc(C(=O)NNC(=S)NC(C)(C)C)cc1[N+](=O)[O-]. The molecule has 0 aliphatic carbocycles. The number of rotatable bonds is 6. The molecular weight excluding hydrogens is 372 g/mol. The number of benzene rings is 1. The first-order valence-electron chi connectivity index (χ1n) is 8.29. The summed E-state index contributed by atoms with van der Waals surface area (Å²) in [6, 6.07) is 4.47. The Morgan fingerprint density at radius 2 is 1.96 bits per heavy atom. The van der Waals surface area contributed by atoms with E-state index in [0.29, 0.717) is 10.8 Å². The number of hydrogen-bond acceptors (Lipinski definition) is 5. The van der Waals surface area contributed by atoms with Gasteiger partial charge in [-0.05, 0) is 63.2 Å². The van der Waals surface area contributed by atoms with Crippen molar-refractivity contribution in [3.63, 3.8) is 0 Å². The molecule has 1 aromatic carbocycles. The van der Waals surface area contributed by atoms with Gasteiger partial charge < -0.3 is 5.32 Å². The zero-order chi connectivity index (χ0) is 19.9. The number of hydrogen-bond donors (Lipinski definition) is 3. The average molecular weight is 399 g/mol. The minimum atomic E-state index is -0.495. The molecule has 0 radical (unpaired) electrons. The van der Waals surface area contributed by atoms with Gasteiger partial charge in [-0.2, -0.15) is 0 Å². The van der Waals surface area contributed by atoms with Crippen molar-refractivity contribution >= 4 is 40.7 Å². The highest BCUT2D eigenvalue weighted by Gasteiger charge is 2.18. The lowest BCUT2D eigenvalue weighted by Crippen LogP contribution is -2.52. The van der Waals surface area contributed by atoms with Crippen molar-refractivity contribution in [2.45, 2.75) is 51.5 Å². The Bertz CT molecular complexity index is 672. The molecule has 0 aliphatic rings. The summed E-state index contributed by atoms with van der Waals surface area (Å²) in [6.07, 6.45) is 0.964. The predicted molar refractivity (Wildman–Crippen MR) is 109 cm³/mol. The number of carbonyl (C=O) groups is 1. The van der Waals surface area contributed by atoms with Gasteiger partial charge in [-0.3, -0.25) is 25.8 Å². The van der Waals surface area contributed by atoms with Crippen LogP contribution in [0.5, 0.6) is 0 Å². The third-order valence-electron chi connectivity index (χ3n) is 3.15. The molecule has 0 aromatic heterocycles. The van der Waals surface area contributed by atoms with Crippen LogP contribution in [0.4, 0.5) is 5.69 Å². The van der Waals surface area contributed by atoms with Gasteiger partial charge in [0.05, 0.1) is 9.82 Å². The fourth-order valence-electron chi connectivity index (χ4n) is 1.89. The Morgan fingerprint density at radius 1 is 1.31 bits per heavy atom. The molecule has 0 atom stereocenters. The van der Waals surface area contributed by atoms with E-state index < -0.39 is 10.8 Å². The molecule has 9 heteroatoms. The second-order valence-electron chi connectivity index (χ2n) is 7.25. The molecule has 0 fully saturated rings. The fraction of sp³-hybridized carbons (Fsp3) is 0.529. The lowest BCUT2D eigenvalue weighted by molar-refractivity contribution is -0.387. The summed E-state index contributed by atoms with van der Waals surface area (Å²) < 4.78 is 0. The van der Waals surface area contributed by atoms with Crippen LogP contribution in [0.15, 0.2) is 23.1 Å². The van der Waals surface area contributed by atoms with Crippen molar-refractivity contribution < 1.29 is 9.72 Å². The molecule has 0 saturated carbocycles. The maximum atomic E-state index is 12.2. The quantitative estimate of drug-likeness (QED) is 0.291. The van der Waals surface area contributed by atoms with Gasteiger partial charge >= 0.3 is 0 Å². The predicted octanol–water partition coefficient (Wildman–Crippen LogP) is 3.64. The average Bonchev–Trinajstić information content (AvgIpc) is 2.50. The summed E-state index contributed by atoms with van der Waals surface area (Å²) >= 11 is 6.51. The Kier molecular flexibility index (Phi) is 8.29. The topological polar surface area (TPSA) is 96.3 Å². The first-order chi connectivity index (χ1) is 12.0. The zero-order valence-electron chi connectivity index (χ0n) is 15.7. The van der Waals surface area contributed by atoms with E-state index in [1.165, 1.54) is 17.8 Å². The van der Waals surface area contributed by atoms with Crippen molar-refractivity contribution in [3.05, 3.63) is 33.9 Å². The second kappa shape index (κ2) is 9.72. The smallest absolute Gasteiger partial charge is 0.283 e. The van der Waals surface area contributed by atoms with Gasteiger partial charge in [0.25, 0.3) is 11.6 Å². The highest BCUT2D eigenvalue weighted by Crippen LogP contribution is 2.31. The monoisotopic (exact) mass is 398 g/mol. The summed E-state index contributed by atoms with van der Waals surface area (Å²) in [5, 5.41) is 14.6. The van der Waals surface area contributed by atoms with Gasteiger partial charge in [-0.1, -0.05) is 13.8 Å². The van der Waals surface area contributed by atoms with Crippen LogP contribution in [0, 0.1) is 16.0 Å². The highest BCUT2D eigenvalue weighted by atomic mass is 32.2. The maximum absolute atomic E-state index is 12.2. The number of nitro benzene ring substituents is 1. The normalized spacial score (nSPS) is 11.2. The van der Waals surface area contributed by atoms with E-state index in [4.69, 9.17) is 12.2 Å². The van der Waals surface area contributed by atoms with Crippen LogP contribution in [0.1, 0.15) is 51.4 Å². The number of nitrogens with zero attached hydrogens (tertiary/aromatic N) is 1. The van der Waals surface area contributed by atoms with Crippen LogP contribution in [-0.2, 0) is 0 Å². The molecular formula is C17H26N4O3S2. The van der Waals surface area contributed by atoms with Crippen molar-refractivity contribution in [3.8, 4) is 0 Å². The van der Waals surface area contributed by atoms with E-state index in [0.717, 1.165) is 12.2 Å². The van der Waals surface area contributed by atoms with Crippen molar-refractivity contribution in [1.82, 2.24) is 16.2 Å². The number of carbonyl (C=O) groups excluding carboxylic acids is 1. The van der Waals surface area contributed by atoms with Crippen LogP contribution < -0.4 is 16.2 Å². The number of nitro groups is 1. The zero-order valence-corrected chi connectivity index (χ0v) is 17.3. The fourth-order valence-corrected chi connectivity index (χ4v) is 3.50. The number of thioether (sulfide) groups is 1. The van der Waals surface area contributed by atoms with Gasteiger partial charge in [0.15, 0.2) is 5.11 Å². The molecule has 0 unspecified atom stereocenters. The van der Waals surface area contributed by atoms with Crippen LogP contribution in [-0.4, -0.2) is 27.2 Å². The number of amides is 1.